The molecular formula is C15H17N3O2. The number of amides is 1. The van der Waals surface area contributed by atoms with E-state index in [0.29, 0.717) is 13.1 Å². The molecule has 1 amide bonds. The average Bonchev–Trinajstić information content (AvgIpc) is 2.76. The van der Waals surface area contributed by atoms with Crippen molar-refractivity contribution in [3.63, 3.8) is 0 Å². The molecule has 2 aromatic rings. The predicted molar refractivity (Wildman–Crippen MR) is 74.6 cm³/mol. The van der Waals surface area contributed by atoms with Gasteiger partial charge in [0.25, 0.3) is 0 Å². The second-order valence-corrected chi connectivity index (χ2v) is 5.11. The largest absolute Gasteiger partial charge is 0.465 e. The molecule has 1 N–H and O–H groups in total. The van der Waals surface area contributed by atoms with Gasteiger partial charge in [-0.05, 0) is 12.5 Å². The van der Waals surface area contributed by atoms with E-state index >= 15 is 0 Å². The summed E-state index contributed by atoms with van der Waals surface area (Å²) in [4.78, 5) is 12.5. The zero-order chi connectivity index (χ0) is 14.1. The van der Waals surface area contributed by atoms with Gasteiger partial charge in [-0.15, -0.1) is 0 Å². The molecule has 1 aromatic carbocycles. The summed E-state index contributed by atoms with van der Waals surface area (Å²) in [5, 5.41) is 13.7. The summed E-state index contributed by atoms with van der Waals surface area (Å²) in [5.41, 5.74) is 4.37. The first kappa shape index (κ1) is 12.7. The number of hydrogen-bond donors (Lipinski definition) is 1. The quantitative estimate of drug-likeness (QED) is 0.911. The molecule has 0 unspecified atom stereocenters. The van der Waals surface area contributed by atoms with Crippen molar-refractivity contribution in [2.75, 3.05) is 6.54 Å². The molecular weight excluding hydrogens is 254 g/mol. The van der Waals surface area contributed by atoms with E-state index < -0.39 is 6.09 Å². The molecule has 0 aliphatic carbocycles. The molecule has 2 heterocycles. The first-order valence-corrected chi connectivity index (χ1v) is 6.72. The number of aromatic nitrogens is 2. The van der Waals surface area contributed by atoms with Gasteiger partial charge < -0.3 is 10.0 Å². The van der Waals surface area contributed by atoms with Crippen LogP contribution in [0.1, 0.15) is 22.5 Å². The van der Waals surface area contributed by atoms with Crippen molar-refractivity contribution < 1.29 is 9.90 Å². The lowest BCUT2D eigenvalue weighted by atomic mass is 10.1. The molecule has 1 aromatic heterocycles. The molecule has 3 rings (SSSR count). The predicted octanol–water partition coefficient (Wildman–Crippen LogP) is 2.28. The van der Waals surface area contributed by atoms with Crippen molar-refractivity contribution >= 4 is 6.09 Å². The maximum Gasteiger partial charge on any atom is 0.407 e. The van der Waals surface area contributed by atoms with Crippen LogP contribution in [0.25, 0.3) is 0 Å². The molecule has 0 radical (unpaired) electrons. The second-order valence-electron chi connectivity index (χ2n) is 5.11. The summed E-state index contributed by atoms with van der Waals surface area (Å²) in [5.74, 6) is 0. The Balaban J connectivity index is 1.89. The fraction of sp³-hybridized carbons (Fsp3) is 0.333. The number of hydrogen-bond acceptors (Lipinski definition) is 2. The van der Waals surface area contributed by atoms with Crippen molar-refractivity contribution in [1.29, 1.82) is 0 Å². The second kappa shape index (κ2) is 5.00. The van der Waals surface area contributed by atoms with Gasteiger partial charge in [-0.1, -0.05) is 30.3 Å². The van der Waals surface area contributed by atoms with E-state index in [1.807, 2.05) is 29.8 Å². The van der Waals surface area contributed by atoms with E-state index in [9.17, 15) is 4.79 Å². The molecule has 20 heavy (non-hydrogen) atoms. The van der Waals surface area contributed by atoms with Crippen LogP contribution in [0.4, 0.5) is 4.79 Å². The first-order valence-electron chi connectivity index (χ1n) is 6.72. The van der Waals surface area contributed by atoms with Crippen molar-refractivity contribution in [3.05, 3.63) is 52.8 Å². The number of rotatable bonds is 2. The molecule has 0 atom stereocenters. The Bertz CT molecular complexity index is 634. The van der Waals surface area contributed by atoms with E-state index in [-0.39, 0.29) is 0 Å². The van der Waals surface area contributed by atoms with E-state index in [4.69, 9.17) is 5.11 Å². The van der Waals surface area contributed by atoms with Crippen LogP contribution in [0.15, 0.2) is 30.3 Å². The van der Waals surface area contributed by atoms with Crippen LogP contribution in [0.5, 0.6) is 0 Å². The Labute approximate surface area is 117 Å². The molecule has 1 aliphatic heterocycles. The molecule has 5 nitrogen and oxygen atoms in total. The number of carbonyl (C=O) groups is 1. The van der Waals surface area contributed by atoms with Gasteiger partial charge in [0.1, 0.15) is 0 Å². The SMILES string of the molecule is Cc1nn(Cc2ccccc2)c2c1CN(C(=O)O)CC2. The molecule has 0 saturated carbocycles. The average molecular weight is 271 g/mol. The Hall–Kier alpha value is -2.30. The van der Waals surface area contributed by atoms with Crippen molar-refractivity contribution in [2.45, 2.75) is 26.4 Å². The summed E-state index contributed by atoms with van der Waals surface area (Å²) in [6.07, 6.45) is -0.124. The molecule has 104 valence electrons. The minimum Gasteiger partial charge on any atom is -0.465 e. The molecule has 5 heteroatoms. The lowest BCUT2D eigenvalue weighted by molar-refractivity contribution is 0.139. The van der Waals surface area contributed by atoms with E-state index in [1.54, 1.807) is 0 Å². The monoisotopic (exact) mass is 271 g/mol. The van der Waals surface area contributed by atoms with Crippen LogP contribution in [0.2, 0.25) is 0 Å². The highest BCUT2D eigenvalue weighted by Gasteiger charge is 2.25. The van der Waals surface area contributed by atoms with Gasteiger partial charge in [0.2, 0.25) is 0 Å². The minimum atomic E-state index is -0.856. The van der Waals surface area contributed by atoms with Gasteiger partial charge in [0.15, 0.2) is 0 Å². The third-order valence-corrected chi connectivity index (χ3v) is 3.78. The van der Waals surface area contributed by atoms with Crippen LogP contribution < -0.4 is 0 Å². The van der Waals surface area contributed by atoms with Gasteiger partial charge in [-0.25, -0.2) is 4.79 Å². The summed E-state index contributed by atoms with van der Waals surface area (Å²) >= 11 is 0. The van der Waals surface area contributed by atoms with Gasteiger partial charge in [0, 0.05) is 24.2 Å². The Morgan fingerprint density at radius 3 is 2.80 bits per heavy atom. The van der Waals surface area contributed by atoms with E-state index in [2.05, 4.69) is 17.2 Å². The smallest absolute Gasteiger partial charge is 0.407 e. The molecule has 0 saturated heterocycles. The van der Waals surface area contributed by atoms with Crippen LogP contribution in [0, 0.1) is 6.92 Å². The lowest BCUT2D eigenvalue weighted by Crippen LogP contribution is -2.35. The highest BCUT2D eigenvalue weighted by Crippen LogP contribution is 2.23. The summed E-state index contributed by atoms with van der Waals surface area (Å²) in [7, 11) is 0. The van der Waals surface area contributed by atoms with Crippen molar-refractivity contribution in [1.82, 2.24) is 14.7 Å². The number of aryl methyl sites for hydroxylation is 1. The minimum absolute atomic E-state index is 0.450. The number of nitrogens with zero attached hydrogens (tertiary/aromatic N) is 3. The fourth-order valence-electron chi connectivity index (χ4n) is 2.71. The Kier molecular flexibility index (Phi) is 3.18. The maximum absolute atomic E-state index is 11.1. The standard InChI is InChI=1S/C15H17N3O2/c1-11-13-10-17(15(19)20)8-7-14(13)18(16-11)9-12-5-3-2-4-6-12/h2-6H,7-10H2,1H3,(H,19,20). The summed E-state index contributed by atoms with van der Waals surface area (Å²) in [6.45, 7) is 3.68. The van der Waals surface area contributed by atoms with E-state index in [0.717, 1.165) is 24.2 Å². The number of fused-ring (bicyclic) bond motifs is 1. The highest BCUT2D eigenvalue weighted by molar-refractivity contribution is 5.65. The molecule has 0 spiro atoms. The third kappa shape index (κ3) is 2.27. The Morgan fingerprint density at radius 1 is 1.35 bits per heavy atom. The summed E-state index contributed by atoms with van der Waals surface area (Å²) < 4.78 is 2.01. The number of benzene rings is 1. The van der Waals surface area contributed by atoms with Gasteiger partial charge in [-0.2, -0.15) is 5.10 Å². The zero-order valence-corrected chi connectivity index (χ0v) is 11.4. The number of carboxylic acid groups (broad SMARTS) is 1. The van der Waals surface area contributed by atoms with Crippen LogP contribution in [-0.4, -0.2) is 32.4 Å². The van der Waals surface area contributed by atoms with Crippen molar-refractivity contribution in [2.24, 2.45) is 0 Å². The van der Waals surface area contributed by atoms with Crippen LogP contribution >= 0.6 is 0 Å². The van der Waals surface area contributed by atoms with Crippen LogP contribution in [0.3, 0.4) is 0 Å². The zero-order valence-electron chi connectivity index (χ0n) is 11.4. The normalized spacial score (nSPS) is 14.2. The Morgan fingerprint density at radius 2 is 2.10 bits per heavy atom. The third-order valence-electron chi connectivity index (χ3n) is 3.78. The topological polar surface area (TPSA) is 58.4 Å². The molecule has 0 bridgehead atoms. The van der Waals surface area contributed by atoms with Gasteiger partial charge in [-0.3, -0.25) is 4.68 Å². The van der Waals surface area contributed by atoms with E-state index in [1.165, 1.54) is 16.2 Å². The maximum atomic E-state index is 11.1. The van der Waals surface area contributed by atoms with Crippen molar-refractivity contribution in [3.8, 4) is 0 Å². The van der Waals surface area contributed by atoms with Gasteiger partial charge in [0.05, 0.1) is 18.8 Å². The van der Waals surface area contributed by atoms with Gasteiger partial charge >= 0.3 is 6.09 Å². The summed E-state index contributed by atoms with van der Waals surface area (Å²) in [6, 6.07) is 10.2. The molecule has 0 fully saturated rings. The first-order chi connectivity index (χ1) is 9.65. The molecule has 1 aliphatic rings. The fourth-order valence-corrected chi connectivity index (χ4v) is 2.71. The van der Waals surface area contributed by atoms with Crippen LogP contribution in [-0.2, 0) is 19.5 Å². The highest BCUT2D eigenvalue weighted by atomic mass is 16.4. The lowest BCUT2D eigenvalue weighted by Gasteiger charge is -2.25.